The standard InChI is InChI=1S/C16H22N2O/c1-2-16(7-4-8-16)13-18-12-14-5-3-6-15(11-14)19-10-9-17/h3,5-6,11,18H,2,4,7-8,10,12-13H2,1H3. The van der Waals surface area contributed by atoms with Crippen LogP contribution in [0.3, 0.4) is 0 Å². The van der Waals surface area contributed by atoms with Crippen molar-refractivity contribution in [3.8, 4) is 11.8 Å². The molecule has 3 heteroatoms. The first-order chi connectivity index (χ1) is 9.28. The maximum absolute atomic E-state index is 8.50. The molecule has 0 aromatic heterocycles. The first-order valence-corrected chi connectivity index (χ1v) is 7.07. The van der Waals surface area contributed by atoms with Gasteiger partial charge in [-0.3, -0.25) is 0 Å². The lowest BCUT2D eigenvalue weighted by Crippen LogP contribution is -2.39. The maximum Gasteiger partial charge on any atom is 0.174 e. The monoisotopic (exact) mass is 258 g/mol. The second kappa shape index (κ2) is 6.58. The zero-order valence-corrected chi connectivity index (χ0v) is 11.6. The van der Waals surface area contributed by atoms with Gasteiger partial charge in [0.05, 0.1) is 0 Å². The van der Waals surface area contributed by atoms with Gasteiger partial charge in [0.15, 0.2) is 6.61 Å². The molecule has 0 amide bonds. The van der Waals surface area contributed by atoms with Crippen LogP contribution in [0, 0.1) is 16.7 Å². The van der Waals surface area contributed by atoms with Crippen molar-refractivity contribution in [1.29, 1.82) is 5.26 Å². The Kier molecular flexibility index (Phi) is 4.81. The van der Waals surface area contributed by atoms with Gasteiger partial charge in [0.25, 0.3) is 0 Å². The first-order valence-electron chi connectivity index (χ1n) is 7.07. The van der Waals surface area contributed by atoms with E-state index in [1.54, 1.807) is 0 Å². The smallest absolute Gasteiger partial charge is 0.174 e. The molecular formula is C16H22N2O. The van der Waals surface area contributed by atoms with Crippen molar-refractivity contribution in [2.75, 3.05) is 13.2 Å². The summed E-state index contributed by atoms with van der Waals surface area (Å²) in [6.45, 7) is 4.37. The van der Waals surface area contributed by atoms with E-state index in [0.717, 1.165) is 18.8 Å². The van der Waals surface area contributed by atoms with Crippen LogP contribution in [0.1, 0.15) is 38.2 Å². The van der Waals surface area contributed by atoms with Crippen molar-refractivity contribution < 1.29 is 4.74 Å². The van der Waals surface area contributed by atoms with Crippen molar-refractivity contribution in [3.05, 3.63) is 29.8 Å². The maximum atomic E-state index is 8.50. The van der Waals surface area contributed by atoms with E-state index in [9.17, 15) is 0 Å². The highest BCUT2D eigenvalue weighted by atomic mass is 16.5. The number of nitriles is 1. The highest BCUT2D eigenvalue weighted by Gasteiger charge is 2.34. The largest absolute Gasteiger partial charge is 0.479 e. The predicted molar refractivity (Wildman–Crippen MR) is 75.8 cm³/mol. The second-order valence-corrected chi connectivity index (χ2v) is 5.40. The molecule has 0 heterocycles. The number of nitrogens with one attached hydrogen (secondary N) is 1. The van der Waals surface area contributed by atoms with Gasteiger partial charge >= 0.3 is 0 Å². The van der Waals surface area contributed by atoms with Crippen molar-refractivity contribution >= 4 is 0 Å². The summed E-state index contributed by atoms with van der Waals surface area (Å²) in [5.41, 5.74) is 1.76. The second-order valence-electron chi connectivity index (χ2n) is 5.40. The Hall–Kier alpha value is -1.53. The molecule has 1 aliphatic rings. The van der Waals surface area contributed by atoms with E-state index >= 15 is 0 Å². The van der Waals surface area contributed by atoms with Crippen LogP contribution < -0.4 is 10.1 Å². The molecule has 19 heavy (non-hydrogen) atoms. The zero-order chi connectivity index (χ0) is 13.6. The van der Waals surface area contributed by atoms with E-state index in [1.165, 1.54) is 31.2 Å². The lowest BCUT2D eigenvalue weighted by molar-refractivity contribution is 0.124. The molecule has 102 valence electrons. The quantitative estimate of drug-likeness (QED) is 0.816. The normalized spacial score (nSPS) is 16.4. The molecule has 1 N–H and O–H groups in total. The Balaban J connectivity index is 1.81. The molecule has 0 saturated heterocycles. The Morgan fingerprint density at radius 1 is 1.42 bits per heavy atom. The van der Waals surface area contributed by atoms with Gasteiger partial charge in [-0.1, -0.05) is 25.5 Å². The van der Waals surface area contributed by atoms with Crippen molar-refractivity contribution in [3.63, 3.8) is 0 Å². The summed E-state index contributed by atoms with van der Waals surface area (Å²) in [4.78, 5) is 0. The Labute approximate surface area is 115 Å². The number of hydrogen-bond acceptors (Lipinski definition) is 3. The average Bonchev–Trinajstić information content (AvgIpc) is 2.40. The molecule has 3 nitrogen and oxygen atoms in total. The number of nitrogens with zero attached hydrogens (tertiary/aromatic N) is 1. The summed E-state index contributed by atoms with van der Waals surface area (Å²) < 4.78 is 5.31. The summed E-state index contributed by atoms with van der Waals surface area (Å²) in [5.74, 6) is 0.773. The fourth-order valence-electron chi connectivity index (χ4n) is 2.66. The van der Waals surface area contributed by atoms with Crippen LogP contribution >= 0.6 is 0 Å². The molecule has 1 fully saturated rings. The first kappa shape index (κ1) is 13.9. The van der Waals surface area contributed by atoms with Gasteiger partial charge < -0.3 is 10.1 Å². The highest BCUT2D eigenvalue weighted by Crippen LogP contribution is 2.43. The average molecular weight is 258 g/mol. The third-order valence-electron chi connectivity index (χ3n) is 4.20. The van der Waals surface area contributed by atoms with Gasteiger partial charge in [-0.15, -0.1) is 0 Å². The summed E-state index contributed by atoms with van der Waals surface area (Å²) in [7, 11) is 0. The molecular weight excluding hydrogens is 236 g/mol. The summed E-state index contributed by atoms with van der Waals surface area (Å²) in [5, 5.41) is 12.1. The van der Waals surface area contributed by atoms with E-state index < -0.39 is 0 Å². The minimum Gasteiger partial charge on any atom is -0.479 e. The van der Waals surface area contributed by atoms with E-state index in [-0.39, 0.29) is 6.61 Å². The van der Waals surface area contributed by atoms with E-state index in [0.29, 0.717) is 5.41 Å². The molecule has 1 aromatic carbocycles. The van der Waals surface area contributed by atoms with Crippen molar-refractivity contribution in [1.82, 2.24) is 5.32 Å². The molecule has 2 rings (SSSR count). The number of benzene rings is 1. The van der Waals surface area contributed by atoms with Crippen LogP contribution in [0.15, 0.2) is 24.3 Å². The Morgan fingerprint density at radius 2 is 2.26 bits per heavy atom. The van der Waals surface area contributed by atoms with E-state index in [4.69, 9.17) is 10.00 Å². The lowest BCUT2D eigenvalue weighted by atomic mass is 9.67. The highest BCUT2D eigenvalue weighted by molar-refractivity contribution is 5.28. The van der Waals surface area contributed by atoms with Crippen LogP contribution in [0.25, 0.3) is 0 Å². The molecule has 1 saturated carbocycles. The van der Waals surface area contributed by atoms with Crippen LogP contribution in [-0.2, 0) is 6.54 Å². The molecule has 0 unspecified atom stereocenters. The molecule has 0 spiro atoms. The Bertz CT molecular complexity index is 441. The minimum absolute atomic E-state index is 0.107. The van der Waals surface area contributed by atoms with E-state index in [1.807, 2.05) is 24.3 Å². The third kappa shape index (κ3) is 3.71. The predicted octanol–water partition coefficient (Wildman–Crippen LogP) is 3.26. The SMILES string of the molecule is CCC1(CNCc2cccc(OCC#N)c2)CCC1. The topological polar surface area (TPSA) is 45.0 Å². The fraction of sp³-hybridized carbons (Fsp3) is 0.562. The molecule has 0 aliphatic heterocycles. The minimum atomic E-state index is 0.107. The summed E-state index contributed by atoms with van der Waals surface area (Å²) in [6.07, 6.45) is 5.38. The fourth-order valence-corrected chi connectivity index (χ4v) is 2.66. The number of hydrogen-bond donors (Lipinski definition) is 1. The van der Waals surface area contributed by atoms with Gasteiger partial charge in [-0.05, 0) is 42.4 Å². The number of rotatable bonds is 7. The Morgan fingerprint density at radius 3 is 2.89 bits per heavy atom. The zero-order valence-electron chi connectivity index (χ0n) is 11.6. The van der Waals surface area contributed by atoms with Crippen LogP contribution in [0.4, 0.5) is 0 Å². The molecule has 0 atom stereocenters. The molecule has 0 radical (unpaired) electrons. The number of ether oxygens (including phenoxy) is 1. The summed E-state index contributed by atoms with van der Waals surface area (Å²) in [6, 6.07) is 9.94. The van der Waals surface area contributed by atoms with Crippen LogP contribution in [0.5, 0.6) is 5.75 Å². The van der Waals surface area contributed by atoms with Crippen LogP contribution in [0.2, 0.25) is 0 Å². The van der Waals surface area contributed by atoms with Crippen molar-refractivity contribution in [2.45, 2.75) is 39.2 Å². The van der Waals surface area contributed by atoms with Gasteiger partial charge in [-0.25, -0.2) is 0 Å². The van der Waals surface area contributed by atoms with E-state index in [2.05, 4.69) is 18.3 Å². The summed E-state index contributed by atoms with van der Waals surface area (Å²) >= 11 is 0. The lowest BCUT2D eigenvalue weighted by Gasteiger charge is -2.41. The molecule has 1 aliphatic carbocycles. The van der Waals surface area contributed by atoms with Gasteiger partial charge in [0.2, 0.25) is 0 Å². The molecule has 0 bridgehead atoms. The van der Waals surface area contributed by atoms with Crippen LogP contribution in [-0.4, -0.2) is 13.2 Å². The third-order valence-corrected chi connectivity index (χ3v) is 4.20. The van der Waals surface area contributed by atoms with Gasteiger partial charge in [0, 0.05) is 13.1 Å². The van der Waals surface area contributed by atoms with Gasteiger partial charge in [0.1, 0.15) is 11.8 Å². The van der Waals surface area contributed by atoms with Crippen molar-refractivity contribution in [2.24, 2.45) is 5.41 Å². The van der Waals surface area contributed by atoms with Gasteiger partial charge in [-0.2, -0.15) is 5.26 Å². The molecule has 1 aromatic rings.